The molecule has 3 heterocycles. The lowest BCUT2D eigenvalue weighted by atomic mass is 10.2. The van der Waals surface area contributed by atoms with Gasteiger partial charge in [-0.15, -0.1) is 16.4 Å². The van der Waals surface area contributed by atoms with E-state index in [0.717, 1.165) is 6.54 Å². The Hall–Kier alpha value is -2.06. The molecule has 0 saturated carbocycles. The molecule has 0 radical (unpaired) electrons. The van der Waals surface area contributed by atoms with Crippen LogP contribution in [0.1, 0.15) is 10.9 Å². The van der Waals surface area contributed by atoms with Crippen LogP contribution in [0.15, 0.2) is 29.9 Å². The Labute approximate surface area is 120 Å². The maximum atomic E-state index is 4.30. The maximum Gasteiger partial charge on any atom is 0.221 e. The number of tetrazole rings is 1. The summed E-state index contributed by atoms with van der Waals surface area (Å²) >= 11 is 1.75. The molecule has 0 spiro atoms. The van der Waals surface area contributed by atoms with Crippen molar-refractivity contribution in [2.45, 2.75) is 6.04 Å². The third kappa shape index (κ3) is 2.47. The Morgan fingerprint density at radius 1 is 1.45 bits per heavy atom. The van der Waals surface area contributed by atoms with Gasteiger partial charge in [0.15, 0.2) is 5.82 Å². The molecule has 1 atom stereocenters. The van der Waals surface area contributed by atoms with Gasteiger partial charge in [0, 0.05) is 17.6 Å². The molecule has 3 rings (SSSR count). The summed E-state index contributed by atoms with van der Waals surface area (Å²) in [5.41, 5.74) is 0.635. The summed E-state index contributed by atoms with van der Waals surface area (Å²) in [7, 11) is 4.14. The highest BCUT2D eigenvalue weighted by atomic mass is 32.1. The Morgan fingerprint density at radius 2 is 2.35 bits per heavy atom. The average Bonchev–Trinajstić information content (AvgIpc) is 3.09. The summed E-state index contributed by atoms with van der Waals surface area (Å²) < 4.78 is 1.60. The number of rotatable bonds is 5. The van der Waals surface area contributed by atoms with Crippen LogP contribution in [0.4, 0.5) is 5.82 Å². The number of thiophene rings is 1. The van der Waals surface area contributed by atoms with Gasteiger partial charge in [0.05, 0.1) is 12.2 Å². The molecule has 0 aliphatic carbocycles. The predicted octanol–water partition coefficient (Wildman–Crippen LogP) is 1.30. The van der Waals surface area contributed by atoms with Crippen molar-refractivity contribution in [2.75, 3.05) is 26.0 Å². The Balaban J connectivity index is 1.79. The fourth-order valence-corrected chi connectivity index (χ4v) is 2.94. The zero-order valence-electron chi connectivity index (χ0n) is 11.3. The molecule has 1 N–H and O–H groups in total. The molecule has 3 aromatic rings. The molecule has 0 amide bonds. The van der Waals surface area contributed by atoms with Gasteiger partial charge < -0.3 is 10.2 Å². The zero-order chi connectivity index (χ0) is 13.9. The molecule has 0 fully saturated rings. The summed E-state index contributed by atoms with van der Waals surface area (Å²) in [6, 6.07) is 4.50. The molecular formula is C12H15N7S. The zero-order valence-corrected chi connectivity index (χ0v) is 12.1. The van der Waals surface area contributed by atoms with Gasteiger partial charge in [0.1, 0.15) is 0 Å². The lowest BCUT2D eigenvalue weighted by Gasteiger charge is -2.23. The van der Waals surface area contributed by atoms with E-state index in [1.165, 1.54) is 4.88 Å². The largest absolute Gasteiger partial charge is 0.365 e. The summed E-state index contributed by atoms with van der Waals surface area (Å²) in [5, 5.41) is 16.9. The number of aromatic nitrogens is 5. The fraction of sp³-hybridized carbons (Fsp3) is 0.333. The molecule has 104 valence electrons. The monoisotopic (exact) mass is 289 g/mol. The minimum Gasteiger partial charge on any atom is -0.365 e. The van der Waals surface area contributed by atoms with Crippen LogP contribution in [0.25, 0.3) is 5.65 Å². The first kappa shape index (κ1) is 12.9. The molecule has 0 aromatic carbocycles. The average molecular weight is 289 g/mol. The molecule has 7 nitrogen and oxygen atoms in total. The number of anilines is 1. The summed E-state index contributed by atoms with van der Waals surface area (Å²) in [4.78, 5) is 7.80. The number of nitrogens with one attached hydrogen (secondary N) is 1. The van der Waals surface area contributed by atoms with Crippen LogP contribution in [-0.4, -0.2) is 50.6 Å². The second-order valence-electron chi connectivity index (χ2n) is 4.60. The number of nitrogens with zero attached hydrogens (tertiary/aromatic N) is 6. The van der Waals surface area contributed by atoms with Crippen LogP contribution in [0.5, 0.6) is 0 Å². The molecule has 0 aliphatic heterocycles. The Morgan fingerprint density at radius 3 is 3.10 bits per heavy atom. The van der Waals surface area contributed by atoms with Crippen molar-refractivity contribution in [1.29, 1.82) is 0 Å². The van der Waals surface area contributed by atoms with E-state index in [1.54, 1.807) is 28.2 Å². The third-order valence-electron chi connectivity index (χ3n) is 3.07. The normalized spacial score (nSPS) is 12.9. The highest BCUT2D eigenvalue weighted by Crippen LogP contribution is 2.23. The summed E-state index contributed by atoms with van der Waals surface area (Å²) in [5.74, 6) is 0.695. The van der Waals surface area contributed by atoms with Crippen molar-refractivity contribution < 1.29 is 0 Å². The summed E-state index contributed by atoms with van der Waals surface area (Å²) in [6.07, 6.45) is 3.41. The highest BCUT2D eigenvalue weighted by molar-refractivity contribution is 7.10. The molecule has 0 bridgehead atoms. The van der Waals surface area contributed by atoms with Crippen LogP contribution in [0.2, 0.25) is 0 Å². The van der Waals surface area contributed by atoms with E-state index < -0.39 is 0 Å². The smallest absolute Gasteiger partial charge is 0.221 e. The second-order valence-corrected chi connectivity index (χ2v) is 5.58. The van der Waals surface area contributed by atoms with E-state index in [1.807, 2.05) is 0 Å². The van der Waals surface area contributed by atoms with E-state index >= 15 is 0 Å². The van der Waals surface area contributed by atoms with Gasteiger partial charge in [-0.25, -0.2) is 4.98 Å². The standard InChI is InChI=1S/C12H15N7S/c1-18(2)9(10-4-3-7-20-10)8-14-11-12-15-16-17-19(12)6-5-13-11/h3-7,9H,8H2,1-2H3,(H,13,14). The van der Waals surface area contributed by atoms with Crippen molar-refractivity contribution >= 4 is 22.8 Å². The van der Waals surface area contributed by atoms with E-state index in [4.69, 9.17) is 0 Å². The Kier molecular flexibility index (Phi) is 3.57. The van der Waals surface area contributed by atoms with Crippen molar-refractivity contribution in [3.05, 3.63) is 34.8 Å². The first-order valence-electron chi connectivity index (χ1n) is 6.22. The van der Waals surface area contributed by atoms with Crippen molar-refractivity contribution in [2.24, 2.45) is 0 Å². The van der Waals surface area contributed by atoms with Crippen LogP contribution in [0, 0.1) is 0 Å². The quantitative estimate of drug-likeness (QED) is 0.763. The van der Waals surface area contributed by atoms with Crippen LogP contribution < -0.4 is 5.32 Å². The van der Waals surface area contributed by atoms with Crippen molar-refractivity contribution in [3.8, 4) is 0 Å². The fourth-order valence-electron chi connectivity index (χ4n) is 2.02. The number of fused-ring (bicyclic) bond motifs is 1. The van der Waals surface area contributed by atoms with Crippen LogP contribution in [-0.2, 0) is 0 Å². The van der Waals surface area contributed by atoms with E-state index in [9.17, 15) is 0 Å². The van der Waals surface area contributed by atoms with E-state index in [-0.39, 0.29) is 6.04 Å². The maximum absolute atomic E-state index is 4.30. The van der Waals surface area contributed by atoms with E-state index in [0.29, 0.717) is 11.5 Å². The van der Waals surface area contributed by atoms with E-state index in [2.05, 4.69) is 62.3 Å². The second kappa shape index (κ2) is 5.51. The van der Waals surface area contributed by atoms with Gasteiger partial charge in [-0.3, -0.25) is 0 Å². The van der Waals surface area contributed by atoms with Gasteiger partial charge >= 0.3 is 0 Å². The molecular weight excluding hydrogens is 274 g/mol. The van der Waals surface area contributed by atoms with Crippen molar-refractivity contribution in [3.63, 3.8) is 0 Å². The lowest BCUT2D eigenvalue weighted by molar-refractivity contribution is 0.316. The molecule has 1 unspecified atom stereocenters. The van der Waals surface area contributed by atoms with Crippen LogP contribution in [0.3, 0.4) is 0 Å². The predicted molar refractivity (Wildman–Crippen MR) is 77.8 cm³/mol. The van der Waals surface area contributed by atoms with Gasteiger partial charge in [-0.2, -0.15) is 4.52 Å². The number of hydrogen-bond acceptors (Lipinski definition) is 7. The minimum atomic E-state index is 0.285. The third-order valence-corrected chi connectivity index (χ3v) is 4.05. The summed E-state index contributed by atoms with van der Waals surface area (Å²) in [6.45, 7) is 0.743. The van der Waals surface area contributed by atoms with Crippen LogP contribution >= 0.6 is 11.3 Å². The van der Waals surface area contributed by atoms with Gasteiger partial charge in [0.2, 0.25) is 5.65 Å². The lowest BCUT2D eigenvalue weighted by Crippen LogP contribution is -2.26. The Bertz CT molecular complexity index is 676. The molecule has 0 saturated heterocycles. The highest BCUT2D eigenvalue weighted by Gasteiger charge is 2.16. The van der Waals surface area contributed by atoms with Gasteiger partial charge in [-0.1, -0.05) is 6.07 Å². The van der Waals surface area contributed by atoms with Gasteiger partial charge in [0.25, 0.3) is 0 Å². The topological polar surface area (TPSA) is 71.2 Å². The molecule has 8 heteroatoms. The molecule has 0 aliphatic rings. The SMILES string of the molecule is CN(C)C(CNc1nccn2nnnc12)c1cccs1. The number of likely N-dealkylation sites (N-methyl/N-ethyl adjacent to an activating group) is 1. The number of hydrogen-bond donors (Lipinski definition) is 1. The first-order chi connectivity index (χ1) is 9.75. The van der Waals surface area contributed by atoms with Gasteiger partial charge in [-0.05, 0) is 36.0 Å². The molecule has 3 aromatic heterocycles. The first-order valence-corrected chi connectivity index (χ1v) is 7.10. The minimum absolute atomic E-state index is 0.285. The molecule has 20 heavy (non-hydrogen) atoms. The van der Waals surface area contributed by atoms with Crippen molar-refractivity contribution in [1.82, 2.24) is 29.9 Å².